The topological polar surface area (TPSA) is 16.4 Å². The van der Waals surface area contributed by atoms with Crippen LogP contribution in [0.4, 0.5) is 17.1 Å². The van der Waals surface area contributed by atoms with E-state index in [0.717, 1.165) is 33.6 Å². The van der Waals surface area contributed by atoms with Crippen molar-refractivity contribution in [2.75, 3.05) is 4.90 Å². The summed E-state index contributed by atoms with van der Waals surface area (Å²) in [6.07, 6.45) is 0. The number of nitrogens with zero attached hydrogens (tertiary/aromatic N) is 1. The van der Waals surface area contributed by atoms with Crippen molar-refractivity contribution < 1.29 is 4.42 Å². The van der Waals surface area contributed by atoms with E-state index in [1.807, 2.05) is 0 Å². The first-order valence-electron chi connectivity index (χ1n) is 17.8. The summed E-state index contributed by atoms with van der Waals surface area (Å²) in [6, 6.07) is 59.6. The van der Waals surface area contributed by atoms with Crippen molar-refractivity contribution in [1.82, 2.24) is 0 Å². The van der Waals surface area contributed by atoms with Crippen molar-refractivity contribution in [2.24, 2.45) is 0 Å². The van der Waals surface area contributed by atoms with Crippen LogP contribution in [0.5, 0.6) is 0 Å². The Labute approximate surface area is 295 Å². The molecule has 0 fully saturated rings. The molecule has 2 nitrogen and oxygen atoms in total. The second kappa shape index (κ2) is 10.3. The number of para-hydroxylation sites is 2. The third-order valence-electron chi connectivity index (χ3n) is 11.4. The number of rotatable bonds is 3. The average molecular weight is 652 g/mol. The first-order chi connectivity index (χ1) is 25.1. The molecule has 0 spiro atoms. The van der Waals surface area contributed by atoms with Gasteiger partial charge >= 0.3 is 0 Å². The highest BCUT2D eigenvalue weighted by atomic mass is 16.3. The molecular weight excluding hydrogens is 619 g/mol. The Morgan fingerprint density at radius 3 is 1.73 bits per heavy atom. The summed E-state index contributed by atoms with van der Waals surface area (Å²) < 4.78 is 7.28. The van der Waals surface area contributed by atoms with Gasteiger partial charge in [-0.15, -0.1) is 0 Å². The van der Waals surface area contributed by atoms with Gasteiger partial charge in [0.15, 0.2) is 5.58 Å². The second-order valence-electron chi connectivity index (χ2n) is 14.4. The minimum Gasteiger partial charge on any atom is -0.453 e. The Morgan fingerprint density at radius 2 is 1.00 bits per heavy atom. The number of benzene rings is 9. The van der Waals surface area contributed by atoms with Gasteiger partial charge in [0, 0.05) is 33.1 Å². The summed E-state index contributed by atoms with van der Waals surface area (Å²) in [4.78, 5) is 2.37. The smallest absolute Gasteiger partial charge is 0.159 e. The standard InChI is InChI=1S/C49H33NO/c1-49(2)42-25-13-12-23-39(42)45-46(49)38-22-11-10-21-37(38)44-40-24-14-26-43(47(40)51-48(44)45)50(30-15-4-3-5-16-30)31-27-28-36-34-19-7-6-17-32(34)33-18-8-9-20-35(33)41(36)29-31/h3-29H,1-2H3. The molecule has 0 atom stereocenters. The van der Waals surface area contributed by atoms with E-state index in [-0.39, 0.29) is 5.41 Å². The Hall–Kier alpha value is -6.38. The fraction of sp³-hybridized carbons (Fsp3) is 0.0612. The van der Waals surface area contributed by atoms with Crippen LogP contribution in [0, 0.1) is 0 Å². The number of furan rings is 1. The maximum absolute atomic E-state index is 7.28. The first kappa shape index (κ1) is 28.5. The lowest BCUT2D eigenvalue weighted by atomic mass is 9.79. The van der Waals surface area contributed by atoms with E-state index in [1.54, 1.807) is 0 Å². The molecular formula is C49H33NO. The summed E-state index contributed by atoms with van der Waals surface area (Å²) in [5.41, 5.74) is 10.1. The zero-order valence-electron chi connectivity index (χ0n) is 28.4. The molecule has 11 rings (SSSR count). The summed E-state index contributed by atoms with van der Waals surface area (Å²) >= 11 is 0. The molecule has 0 radical (unpaired) electrons. The van der Waals surface area contributed by atoms with Crippen LogP contribution >= 0.6 is 0 Å². The summed E-state index contributed by atoms with van der Waals surface area (Å²) in [5.74, 6) is 0. The van der Waals surface area contributed by atoms with Crippen molar-refractivity contribution in [2.45, 2.75) is 19.3 Å². The van der Waals surface area contributed by atoms with Crippen molar-refractivity contribution in [3.63, 3.8) is 0 Å². The van der Waals surface area contributed by atoms with Crippen LogP contribution in [0.25, 0.3) is 76.2 Å². The Kier molecular flexibility index (Phi) is 5.76. The van der Waals surface area contributed by atoms with E-state index >= 15 is 0 Å². The van der Waals surface area contributed by atoms with Crippen LogP contribution in [-0.2, 0) is 5.41 Å². The molecule has 1 heterocycles. The fourth-order valence-electron chi connectivity index (χ4n) is 9.22. The Morgan fingerprint density at radius 1 is 0.431 bits per heavy atom. The lowest BCUT2D eigenvalue weighted by molar-refractivity contribution is 0.658. The van der Waals surface area contributed by atoms with Crippen molar-refractivity contribution in [1.29, 1.82) is 0 Å². The van der Waals surface area contributed by atoms with Gasteiger partial charge in [0.05, 0.1) is 5.69 Å². The monoisotopic (exact) mass is 651 g/mol. The summed E-state index contributed by atoms with van der Waals surface area (Å²) in [7, 11) is 0. The van der Waals surface area contributed by atoms with Gasteiger partial charge in [-0.05, 0) is 90.1 Å². The van der Waals surface area contributed by atoms with Gasteiger partial charge in [-0.3, -0.25) is 0 Å². The zero-order valence-corrected chi connectivity index (χ0v) is 28.4. The largest absolute Gasteiger partial charge is 0.453 e. The molecule has 1 aliphatic rings. The van der Waals surface area contributed by atoms with Crippen LogP contribution in [0.1, 0.15) is 25.0 Å². The second-order valence-corrected chi connectivity index (χ2v) is 14.4. The van der Waals surface area contributed by atoms with Gasteiger partial charge in [-0.25, -0.2) is 0 Å². The lowest BCUT2D eigenvalue weighted by Crippen LogP contribution is -2.15. The quantitative estimate of drug-likeness (QED) is 0.177. The molecule has 0 saturated carbocycles. The van der Waals surface area contributed by atoms with Crippen LogP contribution in [-0.4, -0.2) is 0 Å². The van der Waals surface area contributed by atoms with Crippen LogP contribution < -0.4 is 4.90 Å². The molecule has 1 aromatic heterocycles. The predicted molar refractivity (Wildman–Crippen MR) is 216 cm³/mol. The molecule has 0 bridgehead atoms. The third kappa shape index (κ3) is 3.82. The molecule has 0 N–H and O–H groups in total. The highest BCUT2D eigenvalue weighted by molar-refractivity contribution is 6.28. The number of fused-ring (bicyclic) bond motifs is 16. The molecule has 2 heteroatoms. The molecule has 0 unspecified atom stereocenters. The molecule has 240 valence electrons. The van der Waals surface area contributed by atoms with E-state index in [9.17, 15) is 0 Å². The molecule has 10 aromatic rings. The molecule has 0 amide bonds. The zero-order chi connectivity index (χ0) is 33.8. The molecule has 9 aromatic carbocycles. The molecule has 0 saturated heterocycles. The minimum absolute atomic E-state index is 0.157. The van der Waals surface area contributed by atoms with E-state index in [1.165, 1.54) is 70.7 Å². The maximum Gasteiger partial charge on any atom is 0.159 e. The van der Waals surface area contributed by atoms with Crippen LogP contribution in [0.3, 0.4) is 0 Å². The van der Waals surface area contributed by atoms with Gasteiger partial charge in [0.2, 0.25) is 0 Å². The van der Waals surface area contributed by atoms with Crippen LogP contribution in [0.2, 0.25) is 0 Å². The van der Waals surface area contributed by atoms with Gasteiger partial charge in [0.1, 0.15) is 5.58 Å². The maximum atomic E-state index is 7.28. The fourth-order valence-corrected chi connectivity index (χ4v) is 9.22. The van der Waals surface area contributed by atoms with E-state index < -0.39 is 0 Å². The molecule has 0 aliphatic heterocycles. The lowest BCUT2D eigenvalue weighted by Gasteiger charge is -2.26. The summed E-state index contributed by atoms with van der Waals surface area (Å²) in [5, 5.41) is 12.4. The van der Waals surface area contributed by atoms with Crippen molar-refractivity contribution in [3.8, 4) is 11.1 Å². The van der Waals surface area contributed by atoms with Gasteiger partial charge < -0.3 is 9.32 Å². The van der Waals surface area contributed by atoms with Crippen molar-refractivity contribution in [3.05, 3.63) is 175 Å². The first-order valence-corrected chi connectivity index (χ1v) is 17.8. The summed E-state index contributed by atoms with van der Waals surface area (Å²) in [6.45, 7) is 4.71. The molecule has 51 heavy (non-hydrogen) atoms. The van der Waals surface area contributed by atoms with Gasteiger partial charge in [-0.1, -0.05) is 147 Å². The average Bonchev–Trinajstić information content (AvgIpc) is 3.69. The number of hydrogen-bond donors (Lipinski definition) is 0. The minimum atomic E-state index is -0.157. The Balaban J connectivity index is 1.25. The molecule has 1 aliphatic carbocycles. The predicted octanol–water partition coefficient (Wildman–Crippen LogP) is 14.0. The van der Waals surface area contributed by atoms with Gasteiger partial charge in [0.25, 0.3) is 0 Å². The van der Waals surface area contributed by atoms with Crippen LogP contribution in [0.15, 0.2) is 168 Å². The van der Waals surface area contributed by atoms with E-state index in [2.05, 4.69) is 183 Å². The number of anilines is 3. The van der Waals surface area contributed by atoms with Gasteiger partial charge in [-0.2, -0.15) is 0 Å². The highest BCUT2D eigenvalue weighted by Gasteiger charge is 2.39. The van der Waals surface area contributed by atoms with E-state index in [0.29, 0.717) is 0 Å². The van der Waals surface area contributed by atoms with Crippen molar-refractivity contribution >= 4 is 82.1 Å². The third-order valence-corrected chi connectivity index (χ3v) is 11.4. The highest BCUT2D eigenvalue weighted by Crippen LogP contribution is 2.56. The normalized spacial score (nSPS) is 13.5. The number of hydrogen-bond acceptors (Lipinski definition) is 2. The SMILES string of the molecule is CC1(C)c2ccccc2-c2c1c1ccccc1c1c2oc2c(N(c3ccccc3)c3ccc4c5ccccc5c5ccccc5c4c3)cccc21. The van der Waals surface area contributed by atoms with E-state index in [4.69, 9.17) is 4.42 Å². The Bertz CT molecular complexity index is 3020.